The summed E-state index contributed by atoms with van der Waals surface area (Å²) in [6.45, 7) is 0. The maximum Gasteiger partial charge on any atom is 0.262 e. The van der Waals surface area contributed by atoms with E-state index in [0.717, 1.165) is 23.3 Å². The van der Waals surface area contributed by atoms with E-state index in [1.54, 1.807) is 30.3 Å². The Hall–Kier alpha value is -3.56. The van der Waals surface area contributed by atoms with Gasteiger partial charge in [0, 0.05) is 17.9 Å². The first-order valence-electron chi connectivity index (χ1n) is 10.2. The molecule has 3 aromatic carbocycles. The van der Waals surface area contributed by atoms with E-state index in [9.17, 15) is 22.3 Å². The summed E-state index contributed by atoms with van der Waals surface area (Å²) in [4.78, 5) is 4.04. The standard InChI is InChI=1S/C24H19F2N3O3S/c25-15-11-16(26)13-17(12-15)33(31,32)29-21-7-3-6-20-19(21)8-9-23(27-20)28-24-18-5-2-1-4-14(18)10-22(24)30/h1-9,11-13,22,24,29-30H,10H2,(H,27,28)/t22-,24+/m1/s1. The number of anilines is 2. The minimum atomic E-state index is -4.23. The van der Waals surface area contributed by atoms with Gasteiger partial charge in [0.1, 0.15) is 17.5 Å². The molecule has 1 aromatic heterocycles. The molecule has 0 radical (unpaired) electrons. The van der Waals surface area contributed by atoms with Crippen LogP contribution < -0.4 is 10.0 Å². The van der Waals surface area contributed by atoms with Crippen molar-refractivity contribution in [3.63, 3.8) is 0 Å². The van der Waals surface area contributed by atoms with Gasteiger partial charge < -0.3 is 10.4 Å². The molecule has 0 aliphatic heterocycles. The lowest BCUT2D eigenvalue weighted by atomic mass is 10.1. The predicted molar refractivity (Wildman–Crippen MR) is 121 cm³/mol. The van der Waals surface area contributed by atoms with Gasteiger partial charge in [0.05, 0.1) is 28.2 Å². The van der Waals surface area contributed by atoms with E-state index < -0.39 is 32.7 Å². The predicted octanol–water partition coefficient (Wildman–Crippen LogP) is 4.38. The minimum Gasteiger partial charge on any atom is -0.390 e. The summed E-state index contributed by atoms with van der Waals surface area (Å²) in [5.41, 5.74) is 2.82. The number of nitrogens with one attached hydrogen (secondary N) is 2. The number of hydrogen-bond donors (Lipinski definition) is 3. The van der Waals surface area contributed by atoms with E-state index in [0.29, 0.717) is 29.2 Å². The fourth-order valence-corrected chi connectivity index (χ4v) is 5.24. The molecule has 0 saturated carbocycles. The molecule has 0 unspecified atom stereocenters. The first kappa shape index (κ1) is 21.3. The number of pyridine rings is 1. The number of halogens is 2. The van der Waals surface area contributed by atoms with Crippen molar-refractivity contribution >= 4 is 32.4 Å². The minimum absolute atomic E-state index is 0.225. The molecule has 1 aliphatic rings. The number of aliphatic hydroxyl groups excluding tert-OH is 1. The molecule has 0 bridgehead atoms. The average molecular weight is 467 g/mol. The van der Waals surface area contributed by atoms with Gasteiger partial charge in [0.2, 0.25) is 0 Å². The van der Waals surface area contributed by atoms with Crippen LogP contribution in [0.25, 0.3) is 10.9 Å². The van der Waals surface area contributed by atoms with E-state index in [1.165, 1.54) is 0 Å². The smallest absolute Gasteiger partial charge is 0.262 e. The van der Waals surface area contributed by atoms with Crippen molar-refractivity contribution in [2.45, 2.75) is 23.5 Å². The highest BCUT2D eigenvalue weighted by Gasteiger charge is 2.30. The molecule has 4 aromatic rings. The molecule has 0 amide bonds. The Kier molecular flexibility index (Phi) is 5.22. The van der Waals surface area contributed by atoms with Crippen LogP contribution in [-0.2, 0) is 16.4 Å². The molecular formula is C24H19F2N3O3S. The SMILES string of the molecule is O=S(=O)(Nc1cccc2nc(N[C@H]3c4ccccc4C[C@H]3O)ccc12)c1cc(F)cc(F)c1. The van der Waals surface area contributed by atoms with Gasteiger partial charge in [-0.2, -0.15) is 0 Å². The number of benzene rings is 3. The zero-order valence-electron chi connectivity index (χ0n) is 17.2. The number of nitrogens with zero attached hydrogens (tertiary/aromatic N) is 1. The van der Waals surface area contributed by atoms with Gasteiger partial charge in [-0.25, -0.2) is 22.2 Å². The Balaban J connectivity index is 1.45. The summed E-state index contributed by atoms with van der Waals surface area (Å²) in [7, 11) is -4.23. The van der Waals surface area contributed by atoms with E-state index in [4.69, 9.17) is 0 Å². The topological polar surface area (TPSA) is 91.3 Å². The Morgan fingerprint density at radius 1 is 0.939 bits per heavy atom. The molecule has 2 atom stereocenters. The van der Waals surface area contributed by atoms with Gasteiger partial charge >= 0.3 is 0 Å². The Morgan fingerprint density at radius 3 is 2.48 bits per heavy atom. The third-order valence-electron chi connectivity index (χ3n) is 5.63. The van der Waals surface area contributed by atoms with Crippen LogP contribution in [0.4, 0.5) is 20.3 Å². The number of aliphatic hydroxyl groups is 1. The summed E-state index contributed by atoms with van der Waals surface area (Å²) in [5, 5.41) is 14.3. The molecule has 5 rings (SSSR count). The third-order valence-corrected chi connectivity index (χ3v) is 6.97. The van der Waals surface area contributed by atoms with Gasteiger partial charge in [-0.15, -0.1) is 0 Å². The van der Waals surface area contributed by atoms with Gasteiger partial charge in [0.25, 0.3) is 10.0 Å². The van der Waals surface area contributed by atoms with Crippen molar-refractivity contribution in [3.05, 3.63) is 95.6 Å². The molecule has 1 heterocycles. The van der Waals surface area contributed by atoms with Crippen molar-refractivity contribution in [2.75, 3.05) is 10.0 Å². The maximum absolute atomic E-state index is 13.5. The summed E-state index contributed by atoms with van der Waals surface area (Å²) < 4.78 is 54.8. The molecule has 1 aliphatic carbocycles. The van der Waals surface area contributed by atoms with E-state index in [-0.39, 0.29) is 11.7 Å². The quantitative estimate of drug-likeness (QED) is 0.405. The zero-order valence-corrected chi connectivity index (χ0v) is 18.0. The summed E-state index contributed by atoms with van der Waals surface area (Å²) >= 11 is 0. The van der Waals surface area contributed by atoms with Crippen LogP contribution in [0.5, 0.6) is 0 Å². The van der Waals surface area contributed by atoms with Crippen molar-refractivity contribution in [1.29, 1.82) is 0 Å². The highest BCUT2D eigenvalue weighted by atomic mass is 32.2. The van der Waals surface area contributed by atoms with Crippen molar-refractivity contribution in [3.8, 4) is 0 Å². The zero-order chi connectivity index (χ0) is 23.2. The van der Waals surface area contributed by atoms with Crippen LogP contribution in [0.3, 0.4) is 0 Å². The van der Waals surface area contributed by atoms with E-state index in [1.807, 2.05) is 24.3 Å². The molecule has 6 nitrogen and oxygen atoms in total. The molecule has 9 heteroatoms. The summed E-state index contributed by atoms with van der Waals surface area (Å²) in [6, 6.07) is 17.9. The Morgan fingerprint density at radius 2 is 1.70 bits per heavy atom. The normalized spacial score (nSPS) is 17.7. The van der Waals surface area contributed by atoms with Gasteiger partial charge in [-0.3, -0.25) is 4.72 Å². The average Bonchev–Trinajstić information content (AvgIpc) is 3.08. The number of aromatic nitrogens is 1. The lowest BCUT2D eigenvalue weighted by Crippen LogP contribution is -2.21. The summed E-state index contributed by atoms with van der Waals surface area (Å²) in [5.74, 6) is -1.45. The van der Waals surface area contributed by atoms with Gasteiger partial charge in [-0.1, -0.05) is 30.3 Å². The van der Waals surface area contributed by atoms with Crippen LogP contribution in [0.1, 0.15) is 17.2 Å². The van der Waals surface area contributed by atoms with E-state index in [2.05, 4.69) is 15.0 Å². The molecule has 0 spiro atoms. The highest BCUT2D eigenvalue weighted by Crippen LogP contribution is 2.34. The van der Waals surface area contributed by atoms with Crippen molar-refractivity contribution < 1.29 is 22.3 Å². The number of sulfonamides is 1. The molecule has 3 N–H and O–H groups in total. The van der Waals surface area contributed by atoms with Crippen LogP contribution in [0.2, 0.25) is 0 Å². The first-order valence-corrected chi connectivity index (χ1v) is 11.7. The molecule has 0 fully saturated rings. The van der Waals surface area contributed by atoms with Crippen molar-refractivity contribution in [1.82, 2.24) is 4.98 Å². The Bertz CT molecular complexity index is 1460. The monoisotopic (exact) mass is 467 g/mol. The number of rotatable bonds is 5. The van der Waals surface area contributed by atoms with E-state index >= 15 is 0 Å². The second-order valence-electron chi connectivity index (χ2n) is 7.87. The number of fused-ring (bicyclic) bond motifs is 2. The molecule has 0 saturated heterocycles. The van der Waals surface area contributed by atoms with Crippen LogP contribution in [-0.4, -0.2) is 24.6 Å². The Labute approximate surface area is 189 Å². The summed E-state index contributed by atoms with van der Waals surface area (Å²) in [6.07, 6.45) is -0.0432. The lowest BCUT2D eigenvalue weighted by Gasteiger charge is -2.19. The second-order valence-corrected chi connectivity index (χ2v) is 9.55. The fraction of sp³-hybridized carbons (Fsp3) is 0.125. The van der Waals surface area contributed by atoms with Crippen LogP contribution in [0.15, 0.2) is 77.7 Å². The molecule has 168 valence electrons. The highest BCUT2D eigenvalue weighted by molar-refractivity contribution is 7.92. The largest absolute Gasteiger partial charge is 0.390 e. The molecule has 33 heavy (non-hydrogen) atoms. The van der Waals surface area contributed by atoms with Gasteiger partial charge in [-0.05, 0) is 47.5 Å². The van der Waals surface area contributed by atoms with Crippen LogP contribution >= 0.6 is 0 Å². The van der Waals surface area contributed by atoms with Gasteiger partial charge in [0.15, 0.2) is 0 Å². The first-order chi connectivity index (χ1) is 15.8. The third kappa shape index (κ3) is 4.12. The fourth-order valence-electron chi connectivity index (χ4n) is 4.12. The molecular weight excluding hydrogens is 448 g/mol. The second kappa shape index (κ2) is 8.09. The number of hydrogen-bond acceptors (Lipinski definition) is 5. The van der Waals surface area contributed by atoms with Crippen molar-refractivity contribution in [2.24, 2.45) is 0 Å². The lowest BCUT2D eigenvalue weighted by molar-refractivity contribution is 0.165. The van der Waals surface area contributed by atoms with Crippen LogP contribution in [0, 0.1) is 11.6 Å². The maximum atomic E-state index is 13.5.